The average molecular weight is 315 g/mol. The molecule has 2 heterocycles. The second kappa shape index (κ2) is 6.13. The second-order valence-corrected chi connectivity index (χ2v) is 5.71. The Morgan fingerprint density at radius 3 is 2.88 bits per heavy atom. The Balaban J connectivity index is 1.63. The van der Waals surface area contributed by atoms with Crippen molar-refractivity contribution in [3.05, 3.63) is 65.9 Å². The Labute approximate surface area is 141 Å². The number of hydrogen-bond acceptors (Lipinski definition) is 3. The first kappa shape index (κ1) is 14.4. The summed E-state index contributed by atoms with van der Waals surface area (Å²) in [7, 11) is 0. The molecule has 1 aromatic heterocycles. The third-order valence-corrected chi connectivity index (χ3v) is 4.09. The number of hydrogen-bond donors (Lipinski definition) is 1. The van der Waals surface area contributed by atoms with Gasteiger partial charge in [0.15, 0.2) is 0 Å². The molecule has 4 heteroatoms. The van der Waals surface area contributed by atoms with E-state index in [-0.39, 0.29) is 0 Å². The van der Waals surface area contributed by atoms with Crippen molar-refractivity contribution in [1.29, 1.82) is 0 Å². The highest BCUT2D eigenvalue weighted by atomic mass is 16.5. The number of rotatable bonds is 3. The smallest absolute Gasteiger partial charge is 0.130 e. The molecule has 0 saturated heterocycles. The fraction of sp³-hybridized carbons (Fsp3) is 0.150. The number of benzene rings is 2. The van der Waals surface area contributed by atoms with Crippen LogP contribution in [-0.2, 0) is 13.2 Å². The molecule has 24 heavy (non-hydrogen) atoms. The molecule has 0 atom stereocenters. The van der Waals surface area contributed by atoms with Crippen LogP contribution in [0.5, 0.6) is 5.75 Å². The van der Waals surface area contributed by atoms with Crippen LogP contribution in [0, 0.1) is 12.3 Å². The molecule has 118 valence electrons. The largest absolute Gasteiger partial charge is 0.487 e. The van der Waals surface area contributed by atoms with Crippen LogP contribution >= 0.6 is 0 Å². The van der Waals surface area contributed by atoms with Gasteiger partial charge in [0, 0.05) is 22.9 Å². The topological polar surface area (TPSA) is 39.1 Å². The minimum atomic E-state index is 0.501. The molecule has 0 spiro atoms. The highest BCUT2D eigenvalue weighted by Crippen LogP contribution is 2.29. The van der Waals surface area contributed by atoms with E-state index in [0.29, 0.717) is 19.7 Å². The van der Waals surface area contributed by atoms with Gasteiger partial charge >= 0.3 is 0 Å². The summed E-state index contributed by atoms with van der Waals surface area (Å²) in [4.78, 5) is 0. The molecule has 0 aliphatic carbocycles. The van der Waals surface area contributed by atoms with E-state index in [2.05, 4.69) is 35.5 Å². The maximum absolute atomic E-state index is 5.99. The molecule has 0 fully saturated rings. The average Bonchev–Trinajstić information content (AvgIpc) is 2.95. The molecule has 2 aromatic carbocycles. The predicted molar refractivity (Wildman–Crippen MR) is 94.9 cm³/mol. The van der Waals surface area contributed by atoms with Crippen LogP contribution in [0.4, 0.5) is 5.69 Å². The summed E-state index contributed by atoms with van der Waals surface area (Å²) >= 11 is 0. The number of anilines is 1. The molecule has 1 aliphatic rings. The first-order valence-corrected chi connectivity index (χ1v) is 7.89. The van der Waals surface area contributed by atoms with Crippen LogP contribution < -0.4 is 10.1 Å². The van der Waals surface area contributed by atoms with Crippen molar-refractivity contribution in [2.75, 3.05) is 11.9 Å². The molecular weight excluding hydrogens is 298 g/mol. The molecule has 4 nitrogen and oxygen atoms in total. The highest BCUT2D eigenvalue weighted by molar-refractivity contribution is 5.59. The Kier molecular flexibility index (Phi) is 3.68. The summed E-state index contributed by atoms with van der Waals surface area (Å²) in [6, 6.07) is 18.4. The van der Waals surface area contributed by atoms with Gasteiger partial charge in [-0.25, -0.2) is 0 Å². The Morgan fingerprint density at radius 1 is 1.17 bits per heavy atom. The monoisotopic (exact) mass is 315 g/mol. The lowest BCUT2D eigenvalue weighted by atomic mass is 10.1. The van der Waals surface area contributed by atoms with Gasteiger partial charge in [-0.3, -0.25) is 4.68 Å². The summed E-state index contributed by atoms with van der Waals surface area (Å²) in [6.45, 7) is 1.71. The summed E-state index contributed by atoms with van der Waals surface area (Å²) in [5, 5.41) is 7.92. The molecule has 1 N–H and O–H groups in total. The minimum Gasteiger partial charge on any atom is -0.487 e. The maximum Gasteiger partial charge on any atom is 0.130 e. The Morgan fingerprint density at radius 2 is 2.04 bits per heavy atom. The molecule has 0 radical (unpaired) electrons. The van der Waals surface area contributed by atoms with Gasteiger partial charge in [-0.05, 0) is 12.1 Å². The fourth-order valence-corrected chi connectivity index (χ4v) is 2.85. The van der Waals surface area contributed by atoms with Crippen molar-refractivity contribution in [1.82, 2.24) is 9.78 Å². The van der Waals surface area contributed by atoms with Crippen molar-refractivity contribution < 1.29 is 4.74 Å². The van der Waals surface area contributed by atoms with E-state index in [1.54, 1.807) is 0 Å². The zero-order chi connectivity index (χ0) is 16.4. The highest BCUT2D eigenvalue weighted by Gasteiger charge is 2.17. The normalized spacial score (nSPS) is 12.3. The zero-order valence-corrected chi connectivity index (χ0v) is 13.2. The van der Waals surface area contributed by atoms with Gasteiger partial charge in [0.05, 0.1) is 24.5 Å². The first-order valence-electron chi connectivity index (χ1n) is 7.89. The van der Waals surface area contributed by atoms with Gasteiger partial charge in [0.1, 0.15) is 12.4 Å². The van der Waals surface area contributed by atoms with Crippen molar-refractivity contribution in [3.8, 4) is 29.4 Å². The number of ether oxygens (including phenoxy) is 1. The van der Waals surface area contributed by atoms with Gasteiger partial charge < -0.3 is 10.1 Å². The fourth-order valence-electron chi connectivity index (χ4n) is 2.85. The molecule has 0 unspecified atom stereocenters. The zero-order valence-electron chi connectivity index (χ0n) is 13.2. The van der Waals surface area contributed by atoms with Crippen LogP contribution in [0.1, 0.15) is 11.3 Å². The lowest BCUT2D eigenvalue weighted by Crippen LogP contribution is -2.04. The standard InChI is InChI=1S/C20H17N3O/c1-2-10-21-17-9-8-16-13-23-18(14-24-20(16)11-17)12-19(22-23)15-6-4-3-5-7-15/h1,3-9,11-12,21H,10,13-14H2. The minimum absolute atomic E-state index is 0.501. The number of aromatic nitrogens is 2. The van der Waals surface area contributed by atoms with Gasteiger partial charge in [-0.1, -0.05) is 42.3 Å². The molecule has 1 aliphatic heterocycles. The van der Waals surface area contributed by atoms with E-state index < -0.39 is 0 Å². The van der Waals surface area contributed by atoms with E-state index >= 15 is 0 Å². The van der Waals surface area contributed by atoms with Crippen LogP contribution in [0.15, 0.2) is 54.6 Å². The van der Waals surface area contributed by atoms with E-state index in [1.165, 1.54) is 0 Å². The van der Waals surface area contributed by atoms with Crippen molar-refractivity contribution in [3.63, 3.8) is 0 Å². The lowest BCUT2D eigenvalue weighted by molar-refractivity contribution is 0.302. The molecule has 4 rings (SSSR count). The molecule has 3 aromatic rings. The van der Waals surface area contributed by atoms with E-state index in [1.807, 2.05) is 35.0 Å². The third-order valence-electron chi connectivity index (χ3n) is 4.09. The van der Waals surface area contributed by atoms with Gasteiger partial charge in [-0.15, -0.1) is 6.42 Å². The predicted octanol–water partition coefficient (Wildman–Crippen LogP) is 3.54. The molecule has 0 amide bonds. The SMILES string of the molecule is C#CCNc1ccc2c(c1)OCc1cc(-c3ccccc3)nn1C2. The summed E-state index contributed by atoms with van der Waals surface area (Å²) in [6.07, 6.45) is 5.29. The van der Waals surface area contributed by atoms with E-state index in [9.17, 15) is 0 Å². The van der Waals surface area contributed by atoms with Gasteiger partial charge in [0.25, 0.3) is 0 Å². The van der Waals surface area contributed by atoms with Crippen LogP contribution in [-0.4, -0.2) is 16.3 Å². The number of terminal acetylenes is 1. The summed E-state index contributed by atoms with van der Waals surface area (Å²) < 4.78 is 8.01. The van der Waals surface area contributed by atoms with Crippen molar-refractivity contribution >= 4 is 5.69 Å². The summed E-state index contributed by atoms with van der Waals surface area (Å²) in [5.74, 6) is 3.45. The molecule has 0 bridgehead atoms. The van der Waals surface area contributed by atoms with E-state index in [4.69, 9.17) is 16.3 Å². The third kappa shape index (κ3) is 2.72. The maximum atomic E-state index is 5.99. The van der Waals surface area contributed by atoms with Gasteiger partial charge in [-0.2, -0.15) is 5.10 Å². The molecular formula is C20H17N3O. The summed E-state index contributed by atoms with van der Waals surface area (Å²) in [5.41, 5.74) is 5.25. The second-order valence-electron chi connectivity index (χ2n) is 5.71. The van der Waals surface area contributed by atoms with Crippen LogP contribution in [0.2, 0.25) is 0 Å². The van der Waals surface area contributed by atoms with Gasteiger partial charge in [0.2, 0.25) is 0 Å². The van der Waals surface area contributed by atoms with Crippen molar-refractivity contribution in [2.24, 2.45) is 0 Å². The lowest BCUT2D eigenvalue weighted by Gasteiger charge is -2.10. The Hall–Kier alpha value is -3.19. The quantitative estimate of drug-likeness (QED) is 0.752. The first-order chi connectivity index (χ1) is 11.8. The Bertz CT molecular complexity index is 906. The number of nitrogens with one attached hydrogen (secondary N) is 1. The van der Waals surface area contributed by atoms with E-state index in [0.717, 1.165) is 34.0 Å². The van der Waals surface area contributed by atoms with Crippen molar-refractivity contribution in [2.45, 2.75) is 13.2 Å². The van der Waals surface area contributed by atoms with Crippen LogP contribution in [0.3, 0.4) is 0 Å². The number of fused-ring (bicyclic) bond motifs is 2. The van der Waals surface area contributed by atoms with Crippen LogP contribution in [0.25, 0.3) is 11.3 Å². The molecule has 0 saturated carbocycles. The number of nitrogens with zero attached hydrogens (tertiary/aromatic N) is 2.